The number of carbonyl (C=O) groups excluding carboxylic acids is 1. The molecule has 0 saturated heterocycles. The van der Waals surface area contributed by atoms with E-state index in [0.717, 1.165) is 11.8 Å². The zero-order valence-electron chi connectivity index (χ0n) is 13.0. The number of Topliss-reactive ketones (excluding diaryl/α,β-unsaturated/α-hetero) is 1. The first kappa shape index (κ1) is 17.2. The van der Waals surface area contributed by atoms with Gasteiger partial charge < -0.3 is 9.50 Å². The third-order valence-corrected chi connectivity index (χ3v) is 3.79. The van der Waals surface area contributed by atoms with E-state index in [0.29, 0.717) is 5.56 Å². The Morgan fingerprint density at radius 3 is 2.26 bits per heavy atom. The van der Waals surface area contributed by atoms with Crippen molar-refractivity contribution in [2.24, 2.45) is 0 Å². The van der Waals surface area contributed by atoms with Crippen molar-refractivity contribution in [2.45, 2.75) is 13.0 Å². The largest absolute Gasteiger partial charge is 0.383 e. The van der Waals surface area contributed by atoms with Gasteiger partial charge in [0, 0.05) is 11.6 Å². The normalized spacial score (nSPS) is 12.6. The molecule has 0 fully saturated rings. The fourth-order valence-electron chi connectivity index (χ4n) is 2.08. The van der Waals surface area contributed by atoms with Crippen LogP contribution in [0.4, 0.5) is 0 Å². The fraction of sp³-hybridized carbons (Fsp3) is 0.235. The second-order valence-electron chi connectivity index (χ2n) is 5.25. The van der Waals surface area contributed by atoms with Crippen LogP contribution in [0.1, 0.15) is 28.9 Å². The summed E-state index contributed by atoms with van der Waals surface area (Å²) in [4.78, 5) is 12.2. The van der Waals surface area contributed by atoms with Crippen LogP contribution in [0.5, 0.6) is 5.75 Å². The molecule has 0 heterocycles. The smallest absolute Gasteiger partial charge is 0.306 e. The van der Waals surface area contributed by atoms with Crippen LogP contribution in [-0.2, 0) is 10.1 Å². The van der Waals surface area contributed by atoms with Gasteiger partial charge in [-0.1, -0.05) is 30.3 Å². The molecule has 0 spiro atoms. The molecule has 122 valence electrons. The van der Waals surface area contributed by atoms with Crippen LogP contribution in [0.25, 0.3) is 0 Å². The summed E-state index contributed by atoms with van der Waals surface area (Å²) in [5, 5.41) is 3.17. The fourth-order valence-corrected chi connectivity index (χ4v) is 2.54. The van der Waals surface area contributed by atoms with Gasteiger partial charge in [-0.25, -0.2) is 0 Å². The quantitative estimate of drug-likeness (QED) is 0.623. The predicted molar refractivity (Wildman–Crippen MR) is 89.1 cm³/mol. The lowest BCUT2D eigenvalue weighted by Gasteiger charge is -2.13. The molecule has 2 aromatic rings. The lowest BCUT2D eigenvalue weighted by atomic mass is 10.1. The molecule has 2 rings (SSSR count). The van der Waals surface area contributed by atoms with Crippen LogP contribution in [0.2, 0.25) is 0 Å². The summed E-state index contributed by atoms with van der Waals surface area (Å²) in [5.74, 6) is 0.119. The van der Waals surface area contributed by atoms with Crippen molar-refractivity contribution >= 4 is 15.9 Å². The molecule has 23 heavy (non-hydrogen) atoms. The Kier molecular flexibility index (Phi) is 5.52. The van der Waals surface area contributed by atoms with E-state index in [4.69, 9.17) is 4.18 Å². The van der Waals surface area contributed by atoms with Crippen LogP contribution < -0.4 is 9.50 Å². The molecule has 0 unspecified atom stereocenters. The van der Waals surface area contributed by atoms with Gasteiger partial charge in [-0.15, -0.1) is 0 Å². The lowest BCUT2D eigenvalue weighted by molar-refractivity contribution is 0.0988. The summed E-state index contributed by atoms with van der Waals surface area (Å²) >= 11 is 0. The van der Waals surface area contributed by atoms with Gasteiger partial charge >= 0.3 is 10.1 Å². The first-order valence-corrected chi connectivity index (χ1v) is 8.98. The maximum Gasteiger partial charge on any atom is 0.306 e. The van der Waals surface area contributed by atoms with Gasteiger partial charge in [-0.3, -0.25) is 4.79 Å². The maximum absolute atomic E-state index is 12.2. The number of carbonyl (C=O) groups is 1. The van der Waals surface area contributed by atoms with Gasteiger partial charge in [0.05, 0.1) is 12.8 Å². The molecule has 2 aromatic carbocycles. The number of hydrogen-bond acceptors (Lipinski definition) is 5. The molecule has 0 aliphatic heterocycles. The Labute approximate surface area is 136 Å². The molecule has 1 atom stereocenters. The first-order chi connectivity index (χ1) is 10.8. The van der Waals surface area contributed by atoms with Gasteiger partial charge in [0.1, 0.15) is 5.75 Å². The molecule has 6 heteroatoms. The van der Waals surface area contributed by atoms with Gasteiger partial charge in [-0.05, 0) is 36.8 Å². The van der Waals surface area contributed by atoms with E-state index in [1.165, 1.54) is 12.1 Å². The SMILES string of the molecule is C[C@@H](NCC(=O)c1ccc(OS(C)(=O)=O)cc1)c1ccccc1. The number of benzene rings is 2. The summed E-state index contributed by atoms with van der Waals surface area (Å²) < 4.78 is 26.8. The standard InChI is InChI=1S/C17H19NO4S/c1-13(14-6-4-3-5-7-14)18-12-17(19)15-8-10-16(11-9-15)22-23(2,20)21/h3-11,13,18H,12H2,1-2H3/t13-/m1/s1. The molecular formula is C17H19NO4S. The molecule has 0 amide bonds. The topological polar surface area (TPSA) is 72.5 Å². The van der Waals surface area contributed by atoms with Crippen molar-refractivity contribution in [2.75, 3.05) is 12.8 Å². The van der Waals surface area contributed by atoms with Crippen LogP contribution in [0.15, 0.2) is 54.6 Å². The molecular weight excluding hydrogens is 314 g/mol. The van der Waals surface area contributed by atoms with Gasteiger partial charge in [0.2, 0.25) is 0 Å². The average molecular weight is 333 g/mol. The Bertz CT molecular complexity index is 755. The Balaban J connectivity index is 1.93. The minimum Gasteiger partial charge on any atom is -0.383 e. The summed E-state index contributed by atoms with van der Waals surface area (Å²) in [7, 11) is -3.56. The van der Waals surface area contributed by atoms with Crippen LogP contribution in [-0.4, -0.2) is 27.0 Å². The van der Waals surface area contributed by atoms with Crippen molar-refractivity contribution in [3.05, 3.63) is 65.7 Å². The minimum atomic E-state index is -3.56. The maximum atomic E-state index is 12.2. The third kappa shape index (κ3) is 5.50. The highest BCUT2D eigenvalue weighted by Gasteiger charge is 2.10. The number of nitrogens with one attached hydrogen (secondary N) is 1. The molecule has 1 N–H and O–H groups in total. The number of ketones is 1. The molecule has 0 radical (unpaired) electrons. The van der Waals surface area contributed by atoms with E-state index >= 15 is 0 Å². The molecule has 0 bridgehead atoms. The second kappa shape index (κ2) is 7.39. The highest BCUT2D eigenvalue weighted by Crippen LogP contribution is 2.15. The van der Waals surface area contributed by atoms with Crippen molar-refractivity contribution < 1.29 is 17.4 Å². The molecule has 5 nitrogen and oxygen atoms in total. The number of hydrogen-bond donors (Lipinski definition) is 1. The third-order valence-electron chi connectivity index (χ3n) is 3.29. The zero-order chi connectivity index (χ0) is 16.9. The molecule has 0 aliphatic rings. The molecule has 0 aromatic heterocycles. The molecule has 0 aliphatic carbocycles. The van der Waals surface area contributed by atoms with Crippen LogP contribution in [0, 0.1) is 0 Å². The van der Waals surface area contributed by atoms with E-state index < -0.39 is 10.1 Å². The van der Waals surface area contributed by atoms with Crippen molar-refractivity contribution in [3.8, 4) is 5.75 Å². The highest BCUT2D eigenvalue weighted by molar-refractivity contribution is 7.86. The van der Waals surface area contributed by atoms with E-state index in [-0.39, 0.29) is 24.1 Å². The second-order valence-corrected chi connectivity index (χ2v) is 6.82. The predicted octanol–water partition coefficient (Wildman–Crippen LogP) is 2.56. The van der Waals surface area contributed by atoms with Crippen molar-refractivity contribution in [1.29, 1.82) is 0 Å². The van der Waals surface area contributed by atoms with Crippen molar-refractivity contribution in [1.82, 2.24) is 5.32 Å². The average Bonchev–Trinajstić information content (AvgIpc) is 2.52. The van der Waals surface area contributed by atoms with Gasteiger partial charge in [-0.2, -0.15) is 8.42 Å². The Morgan fingerprint density at radius 2 is 1.70 bits per heavy atom. The lowest BCUT2D eigenvalue weighted by Crippen LogP contribution is -2.26. The van der Waals surface area contributed by atoms with E-state index in [2.05, 4.69) is 5.32 Å². The summed E-state index contributed by atoms with van der Waals surface area (Å²) in [5.41, 5.74) is 1.61. The zero-order valence-corrected chi connectivity index (χ0v) is 13.8. The molecule has 0 saturated carbocycles. The minimum absolute atomic E-state index is 0.0630. The van der Waals surface area contributed by atoms with Gasteiger partial charge in [0.25, 0.3) is 0 Å². The van der Waals surface area contributed by atoms with E-state index in [1.807, 2.05) is 37.3 Å². The van der Waals surface area contributed by atoms with Gasteiger partial charge in [0.15, 0.2) is 5.78 Å². The Hall–Kier alpha value is -2.18. The Morgan fingerprint density at radius 1 is 1.09 bits per heavy atom. The van der Waals surface area contributed by atoms with Crippen LogP contribution in [0.3, 0.4) is 0 Å². The highest BCUT2D eigenvalue weighted by atomic mass is 32.2. The summed E-state index contributed by atoms with van der Waals surface area (Å²) in [6.07, 6.45) is 0.973. The summed E-state index contributed by atoms with van der Waals surface area (Å²) in [6.45, 7) is 2.19. The van der Waals surface area contributed by atoms with E-state index in [9.17, 15) is 13.2 Å². The van der Waals surface area contributed by atoms with E-state index in [1.54, 1.807) is 12.1 Å². The monoisotopic (exact) mass is 333 g/mol. The summed E-state index contributed by atoms with van der Waals surface area (Å²) in [6, 6.07) is 16.0. The van der Waals surface area contributed by atoms with Crippen molar-refractivity contribution in [3.63, 3.8) is 0 Å². The first-order valence-electron chi connectivity index (χ1n) is 7.16. The number of rotatable bonds is 7. The van der Waals surface area contributed by atoms with Crippen LogP contribution >= 0.6 is 0 Å².